The molecular formula is C12H26N2O. The Morgan fingerprint density at radius 2 is 2.13 bits per heavy atom. The zero-order valence-corrected chi connectivity index (χ0v) is 10.5. The number of ether oxygens (including phenoxy) is 1. The van der Waals surface area contributed by atoms with Crippen LogP contribution in [0.5, 0.6) is 0 Å². The first-order valence-electron chi connectivity index (χ1n) is 6.29. The molecule has 0 spiro atoms. The zero-order chi connectivity index (χ0) is 11.1. The van der Waals surface area contributed by atoms with Crippen LogP contribution >= 0.6 is 0 Å². The summed E-state index contributed by atoms with van der Waals surface area (Å²) in [6.07, 6.45) is 2.60. The number of nitrogens with one attached hydrogen (secondary N) is 1. The third-order valence-electron chi connectivity index (χ3n) is 3.34. The fraction of sp³-hybridized carbons (Fsp3) is 1.00. The fourth-order valence-electron chi connectivity index (χ4n) is 2.19. The maximum atomic E-state index is 5.52. The summed E-state index contributed by atoms with van der Waals surface area (Å²) in [5, 5.41) is 3.35. The number of likely N-dealkylation sites (N-methyl/N-ethyl adjacent to an activating group) is 1. The van der Waals surface area contributed by atoms with Crippen LogP contribution in [0.25, 0.3) is 0 Å². The second-order valence-electron chi connectivity index (χ2n) is 4.44. The molecule has 0 radical (unpaired) electrons. The number of hydrogen-bond donors (Lipinski definition) is 1. The van der Waals surface area contributed by atoms with E-state index in [0.717, 1.165) is 19.8 Å². The van der Waals surface area contributed by atoms with Crippen molar-refractivity contribution in [2.24, 2.45) is 5.92 Å². The second-order valence-corrected chi connectivity index (χ2v) is 4.44. The van der Waals surface area contributed by atoms with E-state index in [1.54, 1.807) is 0 Å². The molecule has 1 saturated heterocycles. The van der Waals surface area contributed by atoms with Crippen molar-refractivity contribution < 1.29 is 4.74 Å². The van der Waals surface area contributed by atoms with Gasteiger partial charge in [0.15, 0.2) is 0 Å². The summed E-state index contributed by atoms with van der Waals surface area (Å²) in [5.41, 5.74) is 0. The monoisotopic (exact) mass is 214 g/mol. The Bertz CT molecular complexity index is 164. The molecule has 1 heterocycles. The second kappa shape index (κ2) is 7.20. The van der Waals surface area contributed by atoms with Gasteiger partial charge in [0.25, 0.3) is 0 Å². The maximum Gasteiger partial charge on any atom is 0.0623 e. The standard InChI is InChI=1S/C12H26N2O/c1-4-6-7-14(5-2)8-11-9-15-10-12(11)13-3/h11-13H,4-10H2,1-3H3. The van der Waals surface area contributed by atoms with E-state index in [1.807, 2.05) is 7.05 Å². The van der Waals surface area contributed by atoms with E-state index in [2.05, 4.69) is 24.1 Å². The highest BCUT2D eigenvalue weighted by Crippen LogP contribution is 2.15. The molecule has 0 aromatic rings. The molecule has 2 atom stereocenters. The third-order valence-corrected chi connectivity index (χ3v) is 3.34. The van der Waals surface area contributed by atoms with Gasteiger partial charge in [-0.3, -0.25) is 0 Å². The lowest BCUT2D eigenvalue weighted by molar-refractivity contribution is 0.168. The molecule has 0 bridgehead atoms. The SMILES string of the molecule is CCCCN(CC)CC1COCC1NC. The topological polar surface area (TPSA) is 24.5 Å². The predicted octanol–water partition coefficient (Wildman–Crippen LogP) is 1.34. The van der Waals surface area contributed by atoms with Crippen molar-refractivity contribution in [3.8, 4) is 0 Å². The lowest BCUT2D eigenvalue weighted by atomic mass is 10.0. The van der Waals surface area contributed by atoms with E-state index in [1.165, 1.54) is 25.9 Å². The first-order valence-corrected chi connectivity index (χ1v) is 6.29. The quantitative estimate of drug-likeness (QED) is 0.692. The van der Waals surface area contributed by atoms with Crippen LogP contribution in [0.4, 0.5) is 0 Å². The third kappa shape index (κ3) is 4.09. The normalized spacial score (nSPS) is 26.4. The highest BCUT2D eigenvalue weighted by molar-refractivity contribution is 4.82. The molecule has 0 amide bonds. The summed E-state index contributed by atoms with van der Waals surface area (Å²) in [7, 11) is 2.04. The molecule has 3 heteroatoms. The van der Waals surface area contributed by atoms with Crippen LogP contribution in [-0.4, -0.2) is 50.8 Å². The van der Waals surface area contributed by atoms with Crippen LogP contribution in [0, 0.1) is 5.92 Å². The minimum absolute atomic E-state index is 0.556. The van der Waals surface area contributed by atoms with Crippen LogP contribution in [0.2, 0.25) is 0 Å². The summed E-state index contributed by atoms with van der Waals surface area (Å²) >= 11 is 0. The molecule has 15 heavy (non-hydrogen) atoms. The van der Waals surface area contributed by atoms with Gasteiger partial charge in [0.05, 0.1) is 13.2 Å². The molecule has 0 aromatic carbocycles. The Kier molecular flexibility index (Phi) is 6.22. The Labute approximate surface area is 94.2 Å². The minimum Gasteiger partial charge on any atom is -0.379 e. The predicted molar refractivity (Wildman–Crippen MR) is 64.2 cm³/mol. The van der Waals surface area contributed by atoms with Crippen molar-refractivity contribution in [2.45, 2.75) is 32.7 Å². The molecule has 1 aliphatic rings. The van der Waals surface area contributed by atoms with Crippen molar-refractivity contribution in [3.63, 3.8) is 0 Å². The molecular weight excluding hydrogens is 188 g/mol. The van der Waals surface area contributed by atoms with Gasteiger partial charge < -0.3 is 15.0 Å². The summed E-state index contributed by atoms with van der Waals surface area (Å²) in [6.45, 7) is 9.89. The van der Waals surface area contributed by atoms with E-state index < -0.39 is 0 Å². The molecule has 1 rings (SSSR count). The summed E-state index contributed by atoms with van der Waals surface area (Å²) in [4.78, 5) is 2.55. The van der Waals surface area contributed by atoms with Crippen LogP contribution in [-0.2, 0) is 4.74 Å². The first-order chi connectivity index (χ1) is 7.31. The smallest absolute Gasteiger partial charge is 0.0623 e. The van der Waals surface area contributed by atoms with Gasteiger partial charge in [-0.1, -0.05) is 20.3 Å². The van der Waals surface area contributed by atoms with Gasteiger partial charge in [-0.25, -0.2) is 0 Å². The van der Waals surface area contributed by atoms with Crippen molar-refractivity contribution >= 4 is 0 Å². The van der Waals surface area contributed by atoms with Crippen molar-refractivity contribution in [1.82, 2.24) is 10.2 Å². The fourth-order valence-corrected chi connectivity index (χ4v) is 2.19. The maximum absolute atomic E-state index is 5.52. The molecule has 1 N–H and O–H groups in total. The highest BCUT2D eigenvalue weighted by atomic mass is 16.5. The van der Waals surface area contributed by atoms with E-state index in [-0.39, 0.29) is 0 Å². The summed E-state index contributed by atoms with van der Waals surface area (Å²) in [5.74, 6) is 0.673. The minimum atomic E-state index is 0.556. The van der Waals surface area contributed by atoms with Crippen molar-refractivity contribution in [3.05, 3.63) is 0 Å². The Morgan fingerprint density at radius 1 is 1.33 bits per heavy atom. The molecule has 0 aliphatic carbocycles. The molecule has 0 aromatic heterocycles. The van der Waals surface area contributed by atoms with E-state index in [4.69, 9.17) is 4.74 Å². The van der Waals surface area contributed by atoms with Gasteiger partial charge in [-0.15, -0.1) is 0 Å². The zero-order valence-electron chi connectivity index (χ0n) is 10.5. The number of nitrogens with zero attached hydrogens (tertiary/aromatic N) is 1. The summed E-state index contributed by atoms with van der Waals surface area (Å²) < 4.78 is 5.52. The van der Waals surface area contributed by atoms with Gasteiger partial charge in [-0.05, 0) is 26.6 Å². The van der Waals surface area contributed by atoms with Gasteiger partial charge >= 0.3 is 0 Å². The van der Waals surface area contributed by atoms with Crippen LogP contribution < -0.4 is 5.32 Å². The van der Waals surface area contributed by atoms with E-state index in [0.29, 0.717) is 12.0 Å². The molecule has 3 nitrogen and oxygen atoms in total. The van der Waals surface area contributed by atoms with Crippen LogP contribution in [0.3, 0.4) is 0 Å². The van der Waals surface area contributed by atoms with Crippen LogP contribution in [0.1, 0.15) is 26.7 Å². The molecule has 90 valence electrons. The average molecular weight is 214 g/mol. The summed E-state index contributed by atoms with van der Waals surface area (Å²) in [6, 6.07) is 0.556. The van der Waals surface area contributed by atoms with Crippen LogP contribution in [0.15, 0.2) is 0 Å². The average Bonchev–Trinajstić information content (AvgIpc) is 2.71. The first kappa shape index (κ1) is 12.9. The Morgan fingerprint density at radius 3 is 2.73 bits per heavy atom. The number of hydrogen-bond acceptors (Lipinski definition) is 3. The van der Waals surface area contributed by atoms with Gasteiger partial charge in [0.1, 0.15) is 0 Å². The number of rotatable bonds is 7. The van der Waals surface area contributed by atoms with Gasteiger partial charge in [0, 0.05) is 18.5 Å². The number of unbranched alkanes of at least 4 members (excludes halogenated alkanes) is 1. The van der Waals surface area contributed by atoms with Gasteiger partial charge in [0.2, 0.25) is 0 Å². The van der Waals surface area contributed by atoms with E-state index in [9.17, 15) is 0 Å². The molecule has 1 aliphatic heterocycles. The Balaban J connectivity index is 2.29. The lowest BCUT2D eigenvalue weighted by Crippen LogP contribution is -2.40. The van der Waals surface area contributed by atoms with E-state index >= 15 is 0 Å². The highest BCUT2D eigenvalue weighted by Gasteiger charge is 2.27. The van der Waals surface area contributed by atoms with Gasteiger partial charge in [-0.2, -0.15) is 0 Å². The molecule has 0 saturated carbocycles. The largest absolute Gasteiger partial charge is 0.379 e. The molecule has 1 fully saturated rings. The molecule has 2 unspecified atom stereocenters. The van der Waals surface area contributed by atoms with Crippen molar-refractivity contribution in [2.75, 3.05) is 39.9 Å². The lowest BCUT2D eigenvalue weighted by Gasteiger charge is -2.26. The Hall–Kier alpha value is -0.120. The van der Waals surface area contributed by atoms with Crippen molar-refractivity contribution in [1.29, 1.82) is 0 Å².